The number of nitrogens with zero attached hydrogens (tertiary/aromatic N) is 1. The lowest BCUT2D eigenvalue weighted by atomic mass is 10.0. The first-order valence-electron chi connectivity index (χ1n) is 6.48. The van der Waals surface area contributed by atoms with Crippen molar-refractivity contribution >= 4 is 17.3 Å². The maximum absolute atomic E-state index is 9.57. The van der Waals surface area contributed by atoms with Gasteiger partial charge in [-0.05, 0) is 31.5 Å². The summed E-state index contributed by atoms with van der Waals surface area (Å²) in [6.07, 6.45) is 1.12. The van der Waals surface area contributed by atoms with Crippen LogP contribution in [0, 0.1) is 5.92 Å². The molecule has 0 amide bonds. The molecule has 0 spiro atoms. The van der Waals surface area contributed by atoms with Crippen LogP contribution in [0.2, 0.25) is 5.02 Å². The minimum Gasteiger partial charge on any atom is -0.394 e. The fourth-order valence-corrected chi connectivity index (χ4v) is 2.99. The third kappa shape index (κ3) is 2.48. The molecule has 1 aromatic rings. The summed E-state index contributed by atoms with van der Waals surface area (Å²) in [6, 6.07) is 6.21. The average Bonchev–Trinajstić information content (AvgIpc) is 2.73. The van der Waals surface area contributed by atoms with Crippen LogP contribution in [0.5, 0.6) is 0 Å². The van der Waals surface area contributed by atoms with Crippen molar-refractivity contribution < 1.29 is 5.11 Å². The number of hydrogen-bond acceptors (Lipinski definition) is 3. The van der Waals surface area contributed by atoms with Crippen LogP contribution in [0.25, 0.3) is 0 Å². The summed E-state index contributed by atoms with van der Waals surface area (Å²) in [4.78, 5) is 2.29. The lowest BCUT2D eigenvalue weighted by Crippen LogP contribution is -2.36. The van der Waals surface area contributed by atoms with Crippen molar-refractivity contribution in [1.29, 1.82) is 0 Å². The summed E-state index contributed by atoms with van der Waals surface area (Å²) in [6.45, 7) is 4.14. The highest BCUT2D eigenvalue weighted by Crippen LogP contribution is 2.34. The molecule has 1 aliphatic rings. The van der Waals surface area contributed by atoms with Gasteiger partial charge in [-0.25, -0.2) is 0 Å². The highest BCUT2D eigenvalue weighted by Gasteiger charge is 2.31. The van der Waals surface area contributed by atoms with Crippen LogP contribution >= 0.6 is 11.6 Å². The molecule has 0 radical (unpaired) electrons. The molecule has 0 bridgehead atoms. The van der Waals surface area contributed by atoms with Gasteiger partial charge in [0.2, 0.25) is 0 Å². The molecule has 1 saturated heterocycles. The molecule has 0 aromatic heterocycles. The summed E-state index contributed by atoms with van der Waals surface area (Å²) >= 11 is 6.28. The number of halogens is 1. The summed E-state index contributed by atoms with van der Waals surface area (Å²) in [5.74, 6) is 0.524. The number of anilines is 1. The van der Waals surface area contributed by atoms with Crippen molar-refractivity contribution in [3.05, 3.63) is 28.8 Å². The largest absolute Gasteiger partial charge is 0.394 e. The molecular weight excluding hydrogens is 248 g/mol. The second-order valence-electron chi connectivity index (χ2n) is 4.98. The van der Waals surface area contributed by atoms with Crippen molar-refractivity contribution in [3.8, 4) is 0 Å². The predicted molar refractivity (Wildman–Crippen MR) is 76.2 cm³/mol. The van der Waals surface area contributed by atoms with Crippen LogP contribution in [0.3, 0.4) is 0 Å². The molecule has 3 nitrogen and oxygen atoms in total. The van der Waals surface area contributed by atoms with Crippen LogP contribution in [0.1, 0.15) is 18.9 Å². The first-order chi connectivity index (χ1) is 8.69. The van der Waals surface area contributed by atoms with Gasteiger partial charge in [0, 0.05) is 29.4 Å². The highest BCUT2D eigenvalue weighted by atomic mass is 35.5. The number of rotatable bonds is 4. The van der Waals surface area contributed by atoms with Gasteiger partial charge < -0.3 is 15.3 Å². The van der Waals surface area contributed by atoms with Crippen molar-refractivity contribution in [2.24, 2.45) is 5.92 Å². The summed E-state index contributed by atoms with van der Waals surface area (Å²) < 4.78 is 0. The van der Waals surface area contributed by atoms with E-state index in [1.165, 1.54) is 0 Å². The van der Waals surface area contributed by atoms with Gasteiger partial charge in [-0.2, -0.15) is 0 Å². The third-order valence-corrected chi connectivity index (χ3v) is 4.18. The average molecular weight is 269 g/mol. The summed E-state index contributed by atoms with van der Waals surface area (Å²) in [7, 11) is 1.92. The maximum atomic E-state index is 9.57. The van der Waals surface area contributed by atoms with Crippen molar-refractivity contribution in [3.63, 3.8) is 0 Å². The Morgan fingerprint density at radius 1 is 1.50 bits per heavy atom. The molecule has 1 aliphatic heterocycles. The second-order valence-corrected chi connectivity index (χ2v) is 5.38. The minimum atomic E-state index is 0.201. The lowest BCUT2D eigenvalue weighted by molar-refractivity contribution is 0.244. The Hall–Kier alpha value is -0.770. The standard InChI is InChI=1S/C14H21ClN2O/c1-10-6-7-17(14(10)9-18)13-5-3-4-12(15)11(13)8-16-2/h3-5,10,14,16,18H,6-9H2,1-2H3. The van der Waals surface area contributed by atoms with E-state index in [-0.39, 0.29) is 12.6 Å². The molecule has 4 heteroatoms. The van der Waals surface area contributed by atoms with Crippen LogP contribution < -0.4 is 10.2 Å². The van der Waals surface area contributed by atoms with Crippen LogP contribution in [-0.2, 0) is 6.54 Å². The Kier molecular flexibility index (Phi) is 4.49. The van der Waals surface area contributed by atoms with E-state index in [0.29, 0.717) is 5.92 Å². The van der Waals surface area contributed by atoms with E-state index >= 15 is 0 Å². The molecular formula is C14H21ClN2O. The number of nitrogens with one attached hydrogen (secondary N) is 1. The summed E-state index contributed by atoms with van der Waals surface area (Å²) in [5, 5.41) is 13.5. The first-order valence-corrected chi connectivity index (χ1v) is 6.86. The van der Waals surface area contributed by atoms with Crippen LogP contribution in [0.15, 0.2) is 18.2 Å². The minimum absolute atomic E-state index is 0.201. The summed E-state index contributed by atoms with van der Waals surface area (Å²) in [5.41, 5.74) is 2.27. The molecule has 1 aromatic carbocycles. The Balaban J connectivity index is 2.35. The van der Waals surface area contributed by atoms with Crippen molar-refractivity contribution in [2.75, 3.05) is 25.1 Å². The molecule has 0 aliphatic carbocycles. The van der Waals surface area contributed by atoms with E-state index < -0.39 is 0 Å². The van der Waals surface area contributed by atoms with Gasteiger partial charge in [-0.15, -0.1) is 0 Å². The highest BCUT2D eigenvalue weighted by molar-refractivity contribution is 6.31. The smallest absolute Gasteiger partial charge is 0.0637 e. The van der Waals surface area contributed by atoms with Gasteiger partial charge in [0.05, 0.1) is 12.6 Å². The second kappa shape index (κ2) is 5.91. The van der Waals surface area contributed by atoms with E-state index in [1.54, 1.807) is 0 Å². The molecule has 2 atom stereocenters. The lowest BCUT2D eigenvalue weighted by Gasteiger charge is -2.29. The fraction of sp³-hybridized carbons (Fsp3) is 0.571. The normalized spacial score (nSPS) is 23.7. The van der Waals surface area contributed by atoms with Gasteiger partial charge in [0.1, 0.15) is 0 Å². The number of aliphatic hydroxyl groups is 1. The van der Waals surface area contributed by atoms with Gasteiger partial charge in [0.15, 0.2) is 0 Å². The Labute approximate surface area is 114 Å². The number of hydrogen-bond donors (Lipinski definition) is 2. The molecule has 0 saturated carbocycles. The molecule has 1 heterocycles. The molecule has 2 rings (SSSR count). The van der Waals surface area contributed by atoms with Gasteiger partial charge in [0.25, 0.3) is 0 Å². The molecule has 2 unspecified atom stereocenters. The van der Waals surface area contributed by atoms with E-state index in [1.807, 2.05) is 19.2 Å². The SMILES string of the molecule is CNCc1c(Cl)cccc1N1CCC(C)C1CO. The van der Waals surface area contributed by atoms with Gasteiger partial charge >= 0.3 is 0 Å². The molecule has 2 N–H and O–H groups in total. The van der Waals surface area contributed by atoms with Gasteiger partial charge in [-0.3, -0.25) is 0 Å². The fourth-order valence-electron chi connectivity index (χ4n) is 2.75. The van der Waals surface area contributed by atoms with E-state index in [2.05, 4.69) is 23.2 Å². The van der Waals surface area contributed by atoms with E-state index in [0.717, 1.165) is 35.8 Å². The number of aliphatic hydroxyl groups excluding tert-OH is 1. The van der Waals surface area contributed by atoms with Crippen LogP contribution in [0.4, 0.5) is 5.69 Å². The Bertz CT molecular complexity index is 411. The predicted octanol–water partition coefficient (Wildman–Crippen LogP) is 2.27. The number of benzene rings is 1. The maximum Gasteiger partial charge on any atom is 0.0637 e. The molecule has 100 valence electrons. The Morgan fingerprint density at radius 2 is 2.28 bits per heavy atom. The van der Waals surface area contributed by atoms with Crippen molar-refractivity contribution in [2.45, 2.75) is 25.9 Å². The van der Waals surface area contributed by atoms with Gasteiger partial charge in [-0.1, -0.05) is 24.6 Å². The monoisotopic (exact) mass is 268 g/mol. The zero-order valence-electron chi connectivity index (χ0n) is 11.0. The topological polar surface area (TPSA) is 35.5 Å². The zero-order valence-corrected chi connectivity index (χ0v) is 11.7. The molecule has 1 fully saturated rings. The first kappa shape index (κ1) is 13.7. The zero-order chi connectivity index (χ0) is 13.1. The van der Waals surface area contributed by atoms with E-state index in [9.17, 15) is 5.11 Å². The molecule has 18 heavy (non-hydrogen) atoms. The Morgan fingerprint density at radius 3 is 2.94 bits per heavy atom. The third-order valence-electron chi connectivity index (χ3n) is 3.83. The van der Waals surface area contributed by atoms with Crippen molar-refractivity contribution in [1.82, 2.24) is 5.32 Å². The quantitative estimate of drug-likeness (QED) is 0.879. The van der Waals surface area contributed by atoms with E-state index in [4.69, 9.17) is 11.6 Å². The van der Waals surface area contributed by atoms with Crippen LogP contribution in [-0.4, -0.2) is 31.3 Å².